The molecule has 0 aromatic carbocycles. The number of hydrogen-bond donors (Lipinski definition) is 1. The largest absolute Gasteiger partial charge is 0.354 e. The smallest absolute Gasteiger partial charge is 0.221 e. The van der Waals surface area contributed by atoms with Gasteiger partial charge in [-0.2, -0.15) is 11.8 Å². The monoisotopic (exact) mass is 280 g/mol. The third-order valence-corrected chi connectivity index (χ3v) is 4.21. The lowest BCUT2D eigenvalue weighted by atomic mass is 10.1. The highest BCUT2D eigenvalue weighted by Crippen LogP contribution is 2.32. The normalized spacial score (nSPS) is 12.7. The highest BCUT2D eigenvalue weighted by atomic mass is 32.2. The summed E-state index contributed by atoms with van der Waals surface area (Å²) in [6.45, 7) is 8.36. The number of amides is 1. The molecule has 106 valence electrons. The van der Waals surface area contributed by atoms with Gasteiger partial charge >= 0.3 is 0 Å². The van der Waals surface area contributed by atoms with Crippen LogP contribution in [0.1, 0.15) is 44.9 Å². The van der Waals surface area contributed by atoms with Crippen molar-refractivity contribution in [2.45, 2.75) is 45.4 Å². The van der Waals surface area contributed by atoms with Gasteiger partial charge in [-0.05, 0) is 37.1 Å². The van der Waals surface area contributed by atoms with Crippen molar-refractivity contribution in [3.05, 3.63) is 30.1 Å². The second kappa shape index (κ2) is 8.20. The molecule has 1 amide bonds. The summed E-state index contributed by atoms with van der Waals surface area (Å²) in [6, 6.07) is 4.17. The Kier molecular flexibility index (Phi) is 6.92. The van der Waals surface area contributed by atoms with E-state index in [2.05, 4.69) is 24.1 Å². The van der Waals surface area contributed by atoms with Crippen LogP contribution in [0.4, 0.5) is 0 Å². The Morgan fingerprint density at radius 1 is 1.37 bits per heavy atom. The molecule has 1 unspecified atom stereocenters. The summed E-state index contributed by atoms with van der Waals surface area (Å²) in [6.07, 6.45) is 4.14. The van der Waals surface area contributed by atoms with Gasteiger partial charge in [-0.1, -0.05) is 19.9 Å². The Balaban J connectivity index is 2.67. The minimum atomic E-state index is 0.111. The number of thioether (sulfide) groups is 1. The Morgan fingerprint density at radius 3 is 2.63 bits per heavy atom. The van der Waals surface area contributed by atoms with E-state index in [-0.39, 0.29) is 17.2 Å². The van der Waals surface area contributed by atoms with Gasteiger partial charge in [-0.3, -0.25) is 9.78 Å². The molecule has 1 aromatic heterocycles. The molecule has 3 nitrogen and oxygen atoms in total. The predicted octanol–water partition coefficient (Wildman–Crippen LogP) is 3.43. The van der Waals surface area contributed by atoms with Gasteiger partial charge in [-0.15, -0.1) is 0 Å². The van der Waals surface area contributed by atoms with Gasteiger partial charge in [0, 0.05) is 30.1 Å². The van der Waals surface area contributed by atoms with Crippen molar-refractivity contribution < 1.29 is 4.79 Å². The summed E-state index contributed by atoms with van der Waals surface area (Å²) >= 11 is 1.84. The standard InChI is InChI=1S/C15H24N2OS/c1-11(2)10-19-14(8-15(18)17-12(3)4)13-6-5-7-16-9-13/h5-7,9,11-12,14H,8,10H2,1-4H3,(H,17,18). The summed E-state index contributed by atoms with van der Waals surface area (Å²) in [5.41, 5.74) is 1.13. The number of aromatic nitrogens is 1. The highest BCUT2D eigenvalue weighted by Gasteiger charge is 2.17. The number of nitrogens with zero attached hydrogens (tertiary/aromatic N) is 1. The Labute approximate surface area is 120 Å². The first kappa shape index (κ1) is 16.0. The Hall–Kier alpha value is -1.03. The van der Waals surface area contributed by atoms with Gasteiger partial charge in [0.2, 0.25) is 5.91 Å². The van der Waals surface area contributed by atoms with E-state index >= 15 is 0 Å². The molecule has 0 saturated heterocycles. The SMILES string of the molecule is CC(C)CSC(CC(=O)NC(C)C)c1cccnc1. The van der Waals surface area contributed by atoms with Crippen molar-refractivity contribution in [1.82, 2.24) is 10.3 Å². The zero-order chi connectivity index (χ0) is 14.3. The quantitative estimate of drug-likeness (QED) is 0.832. The first-order valence-electron chi connectivity index (χ1n) is 6.80. The van der Waals surface area contributed by atoms with Crippen molar-refractivity contribution in [2.75, 3.05) is 5.75 Å². The first-order valence-corrected chi connectivity index (χ1v) is 7.84. The summed E-state index contributed by atoms with van der Waals surface area (Å²) in [5.74, 6) is 1.78. The van der Waals surface area contributed by atoms with Crippen molar-refractivity contribution in [2.24, 2.45) is 5.92 Å². The van der Waals surface area contributed by atoms with E-state index in [1.54, 1.807) is 6.20 Å². The molecule has 1 heterocycles. The number of pyridine rings is 1. The minimum absolute atomic E-state index is 0.111. The lowest BCUT2D eigenvalue weighted by Crippen LogP contribution is -2.30. The molecule has 1 N–H and O–H groups in total. The fraction of sp³-hybridized carbons (Fsp3) is 0.600. The molecular formula is C15H24N2OS. The number of carbonyl (C=O) groups is 1. The number of rotatable bonds is 7. The molecule has 4 heteroatoms. The van der Waals surface area contributed by atoms with E-state index in [9.17, 15) is 4.79 Å². The van der Waals surface area contributed by atoms with Gasteiger partial charge in [0.1, 0.15) is 0 Å². The van der Waals surface area contributed by atoms with Crippen LogP contribution in [0.5, 0.6) is 0 Å². The maximum atomic E-state index is 11.9. The first-order chi connectivity index (χ1) is 8.99. The summed E-state index contributed by atoms with van der Waals surface area (Å²) in [7, 11) is 0. The van der Waals surface area contributed by atoms with E-state index in [0.717, 1.165) is 11.3 Å². The van der Waals surface area contributed by atoms with Gasteiger partial charge in [0.15, 0.2) is 0 Å². The van der Waals surface area contributed by atoms with Crippen LogP contribution in [-0.4, -0.2) is 22.7 Å². The van der Waals surface area contributed by atoms with Crippen LogP contribution in [-0.2, 0) is 4.79 Å². The third-order valence-electron chi connectivity index (χ3n) is 2.51. The highest BCUT2D eigenvalue weighted by molar-refractivity contribution is 7.99. The average molecular weight is 280 g/mol. The fourth-order valence-corrected chi connectivity index (χ4v) is 2.92. The van der Waals surface area contributed by atoms with Crippen LogP contribution in [0.2, 0.25) is 0 Å². The van der Waals surface area contributed by atoms with E-state index in [1.807, 2.05) is 43.9 Å². The molecule has 0 fully saturated rings. The van der Waals surface area contributed by atoms with Crippen molar-refractivity contribution in [3.8, 4) is 0 Å². The lowest BCUT2D eigenvalue weighted by molar-refractivity contribution is -0.121. The van der Waals surface area contributed by atoms with Crippen molar-refractivity contribution in [3.63, 3.8) is 0 Å². The number of carbonyl (C=O) groups excluding carboxylic acids is 1. The lowest BCUT2D eigenvalue weighted by Gasteiger charge is -2.18. The van der Waals surface area contributed by atoms with Crippen LogP contribution >= 0.6 is 11.8 Å². The van der Waals surface area contributed by atoms with Crippen LogP contribution in [0.3, 0.4) is 0 Å². The summed E-state index contributed by atoms with van der Waals surface area (Å²) in [4.78, 5) is 16.1. The molecule has 19 heavy (non-hydrogen) atoms. The van der Waals surface area contributed by atoms with Crippen molar-refractivity contribution >= 4 is 17.7 Å². The van der Waals surface area contributed by atoms with E-state index in [1.165, 1.54) is 0 Å². The number of nitrogens with one attached hydrogen (secondary N) is 1. The van der Waals surface area contributed by atoms with Gasteiger partial charge in [-0.25, -0.2) is 0 Å². The summed E-state index contributed by atoms with van der Waals surface area (Å²) < 4.78 is 0. The van der Waals surface area contributed by atoms with Gasteiger partial charge < -0.3 is 5.32 Å². The van der Waals surface area contributed by atoms with Gasteiger partial charge in [0.25, 0.3) is 0 Å². The third kappa shape index (κ3) is 6.62. The van der Waals surface area contributed by atoms with Crippen LogP contribution in [0.15, 0.2) is 24.5 Å². The fourth-order valence-electron chi connectivity index (χ4n) is 1.70. The van der Waals surface area contributed by atoms with E-state index in [4.69, 9.17) is 0 Å². The zero-order valence-electron chi connectivity index (χ0n) is 12.2. The molecule has 0 saturated carbocycles. The minimum Gasteiger partial charge on any atom is -0.354 e. The molecule has 1 rings (SSSR count). The zero-order valence-corrected chi connectivity index (χ0v) is 13.0. The average Bonchev–Trinajstić information content (AvgIpc) is 2.34. The molecule has 0 aliphatic rings. The molecule has 0 spiro atoms. The molecular weight excluding hydrogens is 256 g/mol. The second-order valence-electron chi connectivity index (χ2n) is 5.43. The van der Waals surface area contributed by atoms with Crippen LogP contribution in [0, 0.1) is 5.92 Å². The number of hydrogen-bond acceptors (Lipinski definition) is 3. The van der Waals surface area contributed by atoms with E-state index < -0.39 is 0 Å². The van der Waals surface area contributed by atoms with Crippen LogP contribution < -0.4 is 5.32 Å². The summed E-state index contributed by atoms with van der Waals surface area (Å²) in [5, 5.41) is 3.15. The molecule has 0 radical (unpaired) electrons. The Bertz CT molecular complexity index is 379. The van der Waals surface area contributed by atoms with Gasteiger partial charge in [0.05, 0.1) is 0 Å². The molecule has 0 aliphatic carbocycles. The second-order valence-corrected chi connectivity index (χ2v) is 6.66. The maximum absolute atomic E-state index is 11.9. The molecule has 0 aliphatic heterocycles. The van der Waals surface area contributed by atoms with Crippen molar-refractivity contribution in [1.29, 1.82) is 0 Å². The maximum Gasteiger partial charge on any atom is 0.221 e. The molecule has 1 aromatic rings. The van der Waals surface area contributed by atoms with E-state index in [0.29, 0.717) is 12.3 Å². The molecule has 0 bridgehead atoms. The Morgan fingerprint density at radius 2 is 2.11 bits per heavy atom. The molecule has 1 atom stereocenters. The topological polar surface area (TPSA) is 42.0 Å². The van der Waals surface area contributed by atoms with Crippen LogP contribution in [0.25, 0.3) is 0 Å². The predicted molar refractivity (Wildman–Crippen MR) is 82.2 cm³/mol.